The molecule has 3 nitrogen and oxygen atoms in total. The number of aromatic nitrogens is 1. The van der Waals surface area contributed by atoms with Crippen molar-refractivity contribution in [2.24, 2.45) is 0 Å². The lowest BCUT2D eigenvalue weighted by atomic mass is 10.1. The van der Waals surface area contributed by atoms with Crippen LogP contribution in [0.1, 0.15) is 32.3 Å². The van der Waals surface area contributed by atoms with Gasteiger partial charge in [0.05, 0.1) is 0 Å². The lowest BCUT2D eigenvalue weighted by Gasteiger charge is -2.36. The summed E-state index contributed by atoms with van der Waals surface area (Å²) in [7, 11) is 0. The second kappa shape index (κ2) is 5.42. The van der Waals surface area contributed by atoms with E-state index in [1.54, 1.807) is 0 Å². The van der Waals surface area contributed by atoms with E-state index in [1.165, 1.54) is 5.56 Å². The van der Waals surface area contributed by atoms with Gasteiger partial charge in [0.25, 0.3) is 0 Å². The van der Waals surface area contributed by atoms with Crippen molar-refractivity contribution in [1.82, 2.24) is 9.88 Å². The Hall–Kier alpha value is -1.51. The smallest absolute Gasteiger partial charge is 0.128 e. The first-order valence-corrected chi connectivity index (χ1v) is 6.69. The zero-order valence-electron chi connectivity index (χ0n) is 11.7. The highest BCUT2D eigenvalue weighted by atomic mass is 15.3. The van der Waals surface area contributed by atoms with Crippen LogP contribution < -0.4 is 4.90 Å². The number of hydrogen-bond donors (Lipinski definition) is 0. The van der Waals surface area contributed by atoms with Gasteiger partial charge < -0.3 is 9.80 Å². The molecule has 1 aromatic heterocycles. The van der Waals surface area contributed by atoms with Crippen LogP contribution in [-0.4, -0.2) is 36.1 Å². The van der Waals surface area contributed by atoms with Crippen molar-refractivity contribution in [3.8, 4) is 0 Å². The lowest BCUT2D eigenvalue weighted by Crippen LogP contribution is -2.45. The fourth-order valence-corrected chi connectivity index (χ4v) is 2.24. The second-order valence-electron chi connectivity index (χ2n) is 5.31. The fourth-order valence-electron chi connectivity index (χ4n) is 2.24. The summed E-state index contributed by atoms with van der Waals surface area (Å²) in [4.78, 5) is 9.26. The van der Waals surface area contributed by atoms with Crippen LogP contribution in [0.2, 0.25) is 0 Å². The maximum absolute atomic E-state index is 4.58. The molecule has 1 aliphatic heterocycles. The molecule has 0 amide bonds. The molecule has 1 fully saturated rings. The SMILES string of the molecule is C=C(C)N1CCN(c2ccc(C(C)C)cn2)CC1. The normalized spacial score (nSPS) is 16.2. The summed E-state index contributed by atoms with van der Waals surface area (Å²) in [5.74, 6) is 1.65. The first-order chi connectivity index (χ1) is 8.58. The maximum atomic E-state index is 4.58. The first-order valence-electron chi connectivity index (χ1n) is 6.69. The van der Waals surface area contributed by atoms with Gasteiger partial charge in [0.2, 0.25) is 0 Å². The van der Waals surface area contributed by atoms with E-state index in [-0.39, 0.29) is 0 Å². The van der Waals surface area contributed by atoms with Gasteiger partial charge in [-0.3, -0.25) is 0 Å². The molecule has 98 valence electrons. The monoisotopic (exact) mass is 245 g/mol. The van der Waals surface area contributed by atoms with E-state index in [4.69, 9.17) is 0 Å². The minimum atomic E-state index is 0.548. The van der Waals surface area contributed by atoms with E-state index in [1.807, 2.05) is 6.20 Å². The van der Waals surface area contributed by atoms with Gasteiger partial charge in [0, 0.05) is 38.1 Å². The third-order valence-corrected chi connectivity index (χ3v) is 3.58. The van der Waals surface area contributed by atoms with Crippen LogP contribution in [0.3, 0.4) is 0 Å². The van der Waals surface area contributed by atoms with E-state index in [9.17, 15) is 0 Å². The summed E-state index contributed by atoms with van der Waals surface area (Å²) in [6.45, 7) is 14.6. The van der Waals surface area contributed by atoms with Crippen molar-refractivity contribution in [2.75, 3.05) is 31.1 Å². The van der Waals surface area contributed by atoms with Crippen LogP contribution in [0, 0.1) is 0 Å². The molecule has 0 N–H and O–H groups in total. The van der Waals surface area contributed by atoms with Crippen molar-refractivity contribution in [3.63, 3.8) is 0 Å². The van der Waals surface area contributed by atoms with Gasteiger partial charge in [-0.25, -0.2) is 4.98 Å². The molecule has 1 aliphatic rings. The summed E-state index contributed by atoms with van der Waals surface area (Å²) in [6, 6.07) is 4.34. The predicted molar refractivity (Wildman–Crippen MR) is 76.9 cm³/mol. The molecule has 3 heteroatoms. The molecule has 0 radical (unpaired) electrons. The number of hydrogen-bond acceptors (Lipinski definition) is 3. The van der Waals surface area contributed by atoms with Crippen molar-refractivity contribution in [1.29, 1.82) is 0 Å². The summed E-state index contributed by atoms with van der Waals surface area (Å²) < 4.78 is 0. The molecule has 2 rings (SSSR count). The molecule has 0 aliphatic carbocycles. The average Bonchev–Trinajstić information content (AvgIpc) is 2.39. The highest BCUT2D eigenvalue weighted by Crippen LogP contribution is 2.18. The molecule has 0 saturated carbocycles. The molecule has 1 saturated heterocycles. The molecule has 18 heavy (non-hydrogen) atoms. The molecule has 0 aromatic carbocycles. The summed E-state index contributed by atoms with van der Waals surface area (Å²) in [5.41, 5.74) is 2.47. The molecular weight excluding hydrogens is 222 g/mol. The Morgan fingerprint density at radius 2 is 1.89 bits per heavy atom. The number of nitrogens with zero attached hydrogens (tertiary/aromatic N) is 3. The summed E-state index contributed by atoms with van der Waals surface area (Å²) in [6.07, 6.45) is 2.01. The van der Waals surface area contributed by atoms with Crippen LogP contribution in [0.15, 0.2) is 30.6 Å². The van der Waals surface area contributed by atoms with Crippen molar-refractivity contribution in [2.45, 2.75) is 26.7 Å². The Balaban J connectivity index is 1.99. The third kappa shape index (κ3) is 2.84. The van der Waals surface area contributed by atoms with E-state index in [0.717, 1.165) is 37.7 Å². The quantitative estimate of drug-likeness (QED) is 0.816. The number of rotatable bonds is 3. The number of allylic oxidation sites excluding steroid dienone is 1. The van der Waals surface area contributed by atoms with Crippen LogP contribution >= 0.6 is 0 Å². The van der Waals surface area contributed by atoms with E-state index in [2.05, 4.69) is 54.3 Å². The van der Waals surface area contributed by atoms with Crippen molar-refractivity contribution < 1.29 is 0 Å². The zero-order chi connectivity index (χ0) is 13.1. The molecular formula is C15H23N3. The van der Waals surface area contributed by atoms with E-state index in [0.29, 0.717) is 5.92 Å². The van der Waals surface area contributed by atoms with Gasteiger partial charge in [-0.15, -0.1) is 0 Å². The number of anilines is 1. The van der Waals surface area contributed by atoms with Crippen molar-refractivity contribution >= 4 is 5.82 Å². The molecule has 0 spiro atoms. The van der Waals surface area contributed by atoms with E-state index >= 15 is 0 Å². The Bertz CT molecular complexity index is 400. The number of pyridine rings is 1. The zero-order valence-corrected chi connectivity index (χ0v) is 11.7. The minimum Gasteiger partial charge on any atom is -0.372 e. The molecule has 0 unspecified atom stereocenters. The minimum absolute atomic E-state index is 0.548. The van der Waals surface area contributed by atoms with Gasteiger partial charge in [0.1, 0.15) is 5.82 Å². The number of piperazine rings is 1. The van der Waals surface area contributed by atoms with Gasteiger partial charge in [-0.05, 0) is 24.5 Å². The van der Waals surface area contributed by atoms with Crippen LogP contribution in [-0.2, 0) is 0 Å². The van der Waals surface area contributed by atoms with Crippen molar-refractivity contribution in [3.05, 3.63) is 36.2 Å². The fraction of sp³-hybridized carbons (Fsp3) is 0.533. The third-order valence-electron chi connectivity index (χ3n) is 3.58. The molecule has 1 aromatic rings. The van der Waals surface area contributed by atoms with E-state index < -0.39 is 0 Å². The average molecular weight is 245 g/mol. The van der Waals surface area contributed by atoms with Crippen LogP contribution in [0.5, 0.6) is 0 Å². The standard InChI is InChI=1S/C15H23N3/c1-12(2)14-5-6-15(16-11-14)18-9-7-17(8-10-18)13(3)4/h5-6,11-12H,3,7-10H2,1-2,4H3. The highest BCUT2D eigenvalue weighted by Gasteiger charge is 2.17. The Morgan fingerprint density at radius 3 is 2.33 bits per heavy atom. The summed E-state index contributed by atoms with van der Waals surface area (Å²) >= 11 is 0. The predicted octanol–water partition coefficient (Wildman–Crippen LogP) is 2.86. The van der Waals surface area contributed by atoms with Crippen LogP contribution in [0.4, 0.5) is 5.82 Å². The van der Waals surface area contributed by atoms with Gasteiger partial charge >= 0.3 is 0 Å². The second-order valence-corrected chi connectivity index (χ2v) is 5.31. The summed E-state index contributed by atoms with van der Waals surface area (Å²) in [5, 5.41) is 0. The first kappa shape index (κ1) is 12.9. The largest absolute Gasteiger partial charge is 0.372 e. The molecule has 0 atom stereocenters. The molecule has 2 heterocycles. The highest BCUT2D eigenvalue weighted by molar-refractivity contribution is 5.40. The Kier molecular flexibility index (Phi) is 3.90. The van der Waals surface area contributed by atoms with Gasteiger partial charge in [-0.2, -0.15) is 0 Å². The Morgan fingerprint density at radius 1 is 1.22 bits per heavy atom. The topological polar surface area (TPSA) is 19.4 Å². The lowest BCUT2D eigenvalue weighted by molar-refractivity contribution is 0.322. The molecule has 0 bridgehead atoms. The van der Waals surface area contributed by atoms with Crippen LogP contribution in [0.25, 0.3) is 0 Å². The Labute approximate surface area is 110 Å². The maximum Gasteiger partial charge on any atom is 0.128 e. The van der Waals surface area contributed by atoms with Gasteiger partial charge in [0.15, 0.2) is 0 Å². The van der Waals surface area contributed by atoms with Gasteiger partial charge in [-0.1, -0.05) is 26.5 Å².